The second kappa shape index (κ2) is 5.70. The minimum atomic E-state index is 0.0891. The van der Waals surface area contributed by atoms with Crippen LogP contribution in [0.15, 0.2) is 48.5 Å². The number of carbonyl (C=O) groups is 1. The van der Waals surface area contributed by atoms with Crippen molar-refractivity contribution in [1.82, 2.24) is 5.32 Å². The first-order valence-electron chi connectivity index (χ1n) is 7.29. The Morgan fingerprint density at radius 2 is 1.86 bits per heavy atom. The number of nitrogens with one attached hydrogen (secondary N) is 1. The molecule has 2 aromatic carbocycles. The lowest BCUT2D eigenvalue weighted by atomic mass is 9.96. The summed E-state index contributed by atoms with van der Waals surface area (Å²) in [6.45, 7) is 2.86. The summed E-state index contributed by atoms with van der Waals surface area (Å²) < 4.78 is 0. The molecule has 0 aliphatic carbocycles. The summed E-state index contributed by atoms with van der Waals surface area (Å²) in [5.74, 6) is 0.162. The highest BCUT2D eigenvalue weighted by Crippen LogP contribution is 2.33. The zero-order valence-corrected chi connectivity index (χ0v) is 12.5. The number of nitrogens with zero attached hydrogens (tertiary/aromatic N) is 1. The molecule has 1 heterocycles. The second-order valence-corrected chi connectivity index (χ2v) is 5.63. The lowest BCUT2D eigenvalue weighted by molar-refractivity contribution is -0.119. The molecule has 108 valence electrons. The second-order valence-electron chi connectivity index (χ2n) is 5.63. The van der Waals surface area contributed by atoms with E-state index in [1.807, 2.05) is 25.2 Å². The van der Waals surface area contributed by atoms with E-state index in [9.17, 15) is 4.79 Å². The van der Waals surface area contributed by atoms with Gasteiger partial charge in [0.25, 0.3) is 0 Å². The van der Waals surface area contributed by atoms with Crippen LogP contribution in [0.1, 0.15) is 29.2 Å². The predicted octanol–water partition coefficient (Wildman–Crippen LogP) is 3.19. The van der Waals surface area contributed by atoms with Crippen LogP contribution >= 0.6 is 0 Å². The first-order chi connectivity index (χ1) is 10.1. The van der Waals surface area contributed by atoms with Gasteiger partial charge in [-0.05, 0) is 24.1 Å². The van der Waals surface area contributed by atoms with Crippen molar-refractivity contribution in [3.8, 4) is 0 Å². The zero-order chi connectivity index (χ0) is 14.8. The lowest BCUT2D eigenvalue weighted by Gasteiger charge is -2.32. The van der Waals surface area contributed by atoms with Gasteiger partial charge in [0.1, 0.15) is 0 Å². The molecule has 3 nitrogen and oxygen atoms in total. The Morgan fingerprint density at radius 1 is 1.14 bits per heavy atom. The number of carbonyl (C=O) groups excluding carboxylic acids is 1. The number of para-hydroxylation sites is 1. The Morgan fingerprint density at radius 3 is 2.62 bits per heavy atom. The third-order valence-electron chi connectivity index (χ3n) is 4.10. The van der Waals surface area contributed by atoms with Crippen LogP contribution in [-0.2, 0) is 11.3 Å². The van der Waals surface area contributed by atoms with Crippen molar-refractivity contribution in [2.24, 2.45) is 0 Å². The maximum absolute atomic E-state index is 12.1. The van der Waals surface area contributed by atoms with E-state index < -0.39 is 0 Å². The van der Waals surface area contributed by atoms with Crippen LogP contribution in [0.2, 0.25) is 0 Å². The quantitative estimate of drug-likeness (QED) is 0.936. The number of amides is 1. The normalized spacial score (nSPS) is 17.7. The van der Waals surface area contributed by atoms with E-state index in [1.165, 1.54) is 16.7 Å². The smallest absolute Gasteiger partial charge is 0.228 e. The molecule has 0 saturated carbocycles. The van der Waals surface area contributed by atoms with Gasteiger partial charge in [-0.1, -0.05) is 48.0 Å². The fraction of sp³-hybridized carbons (Fsp3) is 0.278. The third kappa shape index (κ3) is 2.83. The Bertz CT molecular complexity index is 649. The van der Waals surface area contributed by atoms with Gasteiger partial charge in [0, 0.05) is 31.7 Å². The molecule has 3 rings (SSSR count). The molecule has 1 atom stereocenters. The van der Waals surface area contributed by atoms with E-state index in [2.05, 4.69) is 42.6 Å². The molecule has 0 radical (unpaired) electrons. The maximum Gasteiger partial charge on any atom is 0.228 e. The van der Waals surface area contributed by atoms with Crippen LogP contribution in [0.3, 0.4) is 0 Å². The third-order valence-corrected chi connectivity index (χ3v) is 4.10. The molecule has 1 amide bonds. The molecule has 1 unspecified atom stereocenters. The summed E-state index contributed by atoms with van der Waals surface area (Å²) in [7, 11) is 1.84. The molecular weight excluding hydrogens is 260 g/mol. The summed E-state index contributed by atoms with van der Waals surface area (Å²) >= 11 is 0. The summed E-state index contributed by atoms with van der Waals surface area (Å²) in [6.07, 6.45) is 0.513. The zero-order valence-electron chi connectivity index (χ0n) is 12.5. The average molecular weight is 280 g/mol. The van der Waals surface area contributed by atoms with Crippen molar-refractivity contribution in [1.29, 1.82) is 0 Å². The molecule has 0 spiro atoms. The Hall–Kier alpha value is -2.13. The molecular formula is C18H20N2O. The molecule has 0 bridgehead atoms. The summed E-state index contributed by atoms with van der Waals surface area (Å²) in [5.41, 5.74) is 4.71. The predicted molar refractivity (Wildman–Crippen MR) is 85.2 cm³/mol. The van der Waals surface area contributed by atoms with Crippen molar-refractivity contribution >= 4 is 11.6 Å². The van der Waals surface area contributed by atoms with Gasteiger partial charge in [-0.2, -0.15) is 0 Å². The van der Waals surface area contributed by atoms with Crippen molar-refractivity contribution in [3.63, 3.8) is 0 Å². The fourth-order valence-corrected chi connectivity index (χ4v) is 2.77. The molecule has 0 aromatic heterocycles. The number of aryl methyl sites for hydroxylation is 1. The number of benzene rings is 2. The van der Waals surface area contributed by atoms with E-state index >= 15 is 0 Å². The minimum Gasteiger partial charge on any atom is -0.315 e. The molecule has 0 saturated heterocycles. The number of hydrogen-bond acceptors (Lipinski definition) is 2. The highest BCUT2D eigenvalue weighted by atomic mass is 16.2. The van der Waals surface area contributed by atoms with Gasteiger partial charge < -0.3 is 10.2 Å². The summed E-state index contributed by atoms with van der Waals surface area (Å²) in [5, 5.41) is 3.52. The van der Waals surface area contributed by atoms with Crippen LogP contribution < -0.4 is 10.2 Å². The van der Waals surface area contributed by atoms with E-state index in [4.69, 9.17) is 0 Å². The highest BCUT2D eigenvalue weighted by molar-refractivity contribution is 5.96. The topological polar surface area (TPSA) is 32.3 Å². The van der Waals surface area contributed by atoms with Crippen molar-refractivity contribution in [2.75, 3.05) is 11.9 Å². The first kappa shape index (κ1) is 13.8. The SMILES string of the molecule is Cc1ccc(CNC2CC(=O)N(C)c3ccccc32)cc1. The molecule has 1 aliphatic heterocycles. The van der Waals surface area contributed by atoms with Crippen LogP contribution in [-0.4, -0.2) is 13.0 Å². The maximum atomic E-state index is 12.1. The van der Waals surface area contributed by atoms with Crippen LogP contribution in [0.4, 0.5) is 5.69 Å². The molecule has 3 heteroatoms. The highest BCUT2D eigenvalue weighted by Gasteiger charge is 2.28. The monoisotopic (exact) mass is 280 g/mol. The Labute approximate surface area is 125 Å². The number of anilines is 1. The molecule has 1 aliphatic rings. The van der Waals surface area contributed by atoms with Crippen molar-refractivity contribution in [2.45, 2.75) is 25.9 Å². The Balaban J connectivity index is 1.78. The van der Waals surface area contributed by atoms with Crippen LogP contribution in [0.5, 0.6) is 0 Å². The largest absolute Gasteiger partial charge is 0.315 e. The van der Waals surface area contributed by atoms with Gasteiger partial charge in [0.05, 0.1) is 0 Å². The lowest BCUT2D eigenvalue weighted by Crippen LogP contribution is -2.37. The first-order valence-corrected chi connectivity index (χ1v) is 7.29. The van der Waals surface area contributed by atoms with E-state index in [1.54, 1.807) is 4.90 Å². The van der Waals surface area contributed by atoms with E-state index in [-0.39, 0.29) is 11.9 Å². The standard InChI is InChI=1S/C18H20N2O/c1-13-7-9-14(10-8-13)12-19-16-11-18(21)20(2)17-6-4-3-5-15(16)17/h3-10,16,19H,11-12H2,1-2H3. The number of rotatable bonds is 3. The Kier molecular flexibility index (Phi) is 3.76. The van der Waals surface area contributed by atoms with Gasteiger partial charge in [-0.15, -0.1) is 0 Å². The van der Waals surface area contributed by atoms with Crippen LogP contribution in [0, 0.1) is 6.92 Å². The van der Waals surface area contributed by atoms with E-state index in [0.717, 1.165) is 12.2 Å². The number of hydrogen-bond donors (Lipinski definition) is 1. The molecule has 2 aromatic rings. The number of fused-ring (bicyclic) bond motifs is 1. The average Bonchev–Trinajstić information content (AvgIpc) is 2.51. The fourth-order valence-electron chi connectivity index (χ4n) is 2.77. The molecule has 1 N–H and O–H groups in total. The minimum absolute atomic E-state index is 0.0891. The van der Waals surface area contributed by atoms with Crippen molar-refractivity contribution < 1.29 is 4.79 Å². The summed E-state index contributed by atoms with van der Waals surface area (Å²) in [6, 6.07) is 16.7. The van der Waals surface area contributed by atoms with E-state index in [0.29, 0.717) is 6.42 Å². The van der Waals surface area contributed by atoms with Gasteiger partial charge >= 0.3 is 0 Å². The summed E-state index contributed by atoms with van der Waals surface area (Å²) in [4.78, 5) is 13.9. The van der Waals surface area contributed by atoms with Gasteiger partial charge in [0.2, 0.25) is 5.91 Å². The van der Waals surface area contributed by atoms with Gasteiger partial charge in [-0.3, -0.25) is 4.79 Å². The molecule has 21 heavy (non-hydrogen) atoms. The molecule has 0 fully saturated rings. The van der Waals surface area contributed by atoms with Gasteiger partial charge in [-0.25, -0.2) is 0 Å². The van der Waals surface area contributed by atoms with Gasteiger partial charge in [0.15, 0.2) is 0 Å². The van der Waals surface area contributed by atoms with Crippen molar-refractivity contribution in [3.05, 3.63) is 65.2 Å². The van der Waals surface area contributed by atoms with Crippen LogP contribution in [0.25, 0.3) is 0 Å².